The Bertz CT molecular complexity index is 1240. The number of benzene rings is 2. The van der Waals surface area contributed by atoms with Gasteiger partial charge in [0.05, 0.1) is 11.8 Å². The molecule has 1 saturated heterocycles. The molecule has 0 spiro atoms. The van der Waals surface area contributed by atoms with Crippen LogP contribution < -0.4 is 5.32 Å². The number of hydrogen-bond donors (Lipinski definition) is 1. The molecule has 9 heteroatoms. The van der Waals surface area contributed by atoms with E-state index in [9.17, 15) is 9.59 Å². The quantitative estimate of drug-likeness (QED) is 0.323. The zero-order chi connectivity index (χ0) is 24.9. The van der Waals surface area contributed by atoms with Gasteiger partial charge in [0.2, 0.25) is 5.91 Å². The number of amides is 2. The van der Waals surface area contributed by atoms with Crippen molar-refractivity contribution in [2.75, 3.05) is 17.6 Å². The summed E-state index contributed by atoms with van der Waals surface area (Å²) in [5, 5.41) is 12.9. The second-order valence-electron chi connectivity index (χ2n) is 8.54. The van der Waals surface area contributed by atoms with E-state index in [2.05, 4.69) is 22.1 Å². The number of carbonyl (C=O) groups is 2. The third kappa shape index (κ3) is 5.77. The molecule has 1 aliphatic rings. The van der Waals surface area contributed by atoms with Gasteiger partial charge in [-0.15, -0.1) is 16.8 Å². The molecule has 1 fully saturated rings. The molecule has 0 radical (unpaired) electrons. The molecule has 2 heterocycles. The number of aromatic nitrogens is 3. The van der Waals surface area contributed by atoms with Gasteiger partial charge in [0.1, 0.15) is 0 Å². The Kier molecular flexibility index (Phi) is 7.93. The van der Waals surface area contributed by atoms with Gasteiger partial charge >= 0.3 is 0 Å². The highest BCUT2D eigenvalue weighted by atomic mass is 35.5. The van der Waals surface area contributed by atoms with Crippen molar-refractivity contribution in [1.82, 2.24) is 19.7 Å². The molecule has 2 aromatic carbocycles. The summed E-state index contributed by atoms with van der Waals surface area (Å²) in [6.45, 7) is 9.05. The third-order valence-corrected chi connectivity index (χ3v) is 7.30. The van der Waals surface area contributed by atoms with E-state index < -0.39 is 0 Å². The van der Waals surface area contributed by atoms with Crippen molar-refractivity contribution in [2.45, 2.75) is 44.4 Å². The summed E-state index contributed by atoms with van der Waals surface area (Å²) in [5.41, 5.74) is 3.67. The van der Waals surface area contributed by atoms with E-state index in [0.29, 0.717) is 34.7 Å². The predicted molar refractivity (Wildman–Crippen MR) is 140 cm³/mol. The highest BCUT2D eigenvalue weighted by Crippen LogP contribution is 2.34. The Hall–Kier alpha value is -3.10. The average molecular weight is 510 g/mol. The van der Waals surface area contributed by atoms with Crippen LogP contribution in [0.5, 0.6) is 0 Å². The van der Waals surface area contributed by atoms with Gasteiger partial charge in [0.25, 0.3) is 5.91 Å². The van der Waals surface area contributed by atoms with E-state index in [1.165, 1.54) is 17.3 Å². The Morgan fingerprint density at radius 2 is 1.94 bits per heavy atom. The molecule has 1 aliphatic heterocycles. The highest BCUT2D eigenvalue weighted by molar-refractivity contribution is 7.99. The van der Waals surface area contributed by atoms with Crippen molar-refractivity contribution in [3.05, 3.63) is 82.7 Å². The van der Waals surface area contributed by atoms with Crippen molar-refractivity contribution in [2.24, 2.45) is 0 Å². The summed E-state index contributed by atoms with van der Waals surface area (Å²) in [6, 6.07) is 12.6. The molecule has 0 aliphatic carbocycles. The summed E-state index contributed by atoms with van der Waals surface area (Å²) in [7, 11) is 0. The largest absolute Gasteiger partial charge is 0.328 e. The first-order chi connectivity index (χ1) is 16.9. The van der Waals surface area contributed by atoms with Gasteiger partial charge in [-0.25, -0.2) is 0 Å². The van der Waals surface area contributed by atoms with Crippen LogP contribution in [-0.2, 0) is 11.3 Å². The number of rotatable bonds is 8. The molecule has 2 amide bonds. The number of likely N-dealkylation sites (tertiary alicyclic amines) is 1. The topological polar surface area (TPSA) is 80.1 Å². The molecule has 1 unspecified atom stereocenters. The lowest BCUT2D eigenvalue weighted by molar-refractivity contribution is -0.113. The summed E-state index contributed by atoms with van der Waals surface area (Å²) >= 11 is 7.30. The molecule has 7 nitrogen and oxygen atoms in total. The van der Waals surface area contributed by atoms with Crippen LogP contribution >= 0.6 is 23.4 Å². The maximum absolute atomic E-state index is 13.2. The maximum Gasteiger partial charge on any atom is 0.254 e. The molecule has 4 rings (SSSR count). The van der Waals surface area contributed by atoms with Crippen LogP contribution in [0.25, 0.3) is 0 Å². The van der Waals surface area contributed by atoms with E-state index >= 15 is 0 Å². The van der Waals surface area contributed by atoms with Crippen LogP contribution in [0.3, 0.4) is 0 Å². The summed E-state index contributed by atoms with van der Waals surface area (Å²) in [4.78, 5) is 27.6. The fourth-order valence-corrected chi connectivity index (χ4v) is 5.02. The number of carbonyl (C=O) groups excluding carboxylic acids is 2. The van der Waals surface area contributed by atoms with Crippen LogP contribution in [-0.4, -0.2) is 43.8 Å². The number of anilines is 1. The minimum atomic E-state index is -0.190. The van der Waals surface area contributed by atoms with Crippen LogP contribution in [0, 0.1) is 13.8 Å². The van der Waals surface area contributed by atoms with Crippen molar-refractivity contribution in [3.63, 3.8) is 0 Å². The summed E-state index contributed by atoms with van der Waals surface area (Å²) in [5.74, 6) is 0.731. The van der Waals surface area contributed by atoms with Crippen molar-refractivity contribution < 1.29 is 9.59 Å². The minimum Gasteiger partial charge on any atom is -0.328 e. The number of nitrogens with one attached hydrogen (secondary N) is 1. The van der Waals surface area contributed by atoms with Crippen molar-refractivity contribution in [1.29, 1.82) is 0 Å². The van der Waals surface area contributed by atoms with Gasteiger partial charge in [-0.3, -0.25) is 9.59 Å². The first-order valence-corrected chi connectivity index (χ1v) is 12.8. The number of thioether (sulfide) groups is 1. The zero-order valence-corrected chi connectivity index (χ0v) is 21.4. The van der Waals surface area contributed by atoms with E-state index in [0.717, 1.165) is 24.1 Å². The number of halogens is 1. The Labute approximate surface area is 214 Å². The lowest BCUT2D eigenvalue weighted by Gasteiger charge is -2.24. The van der Waals surface area contributed by atoms with Crippen molar-refractivity contribution in [3.8, 4) is 0 Å². The Morgan fingerprint density at radius 3 is 2.66 bits per heavy atom. The average Bonchev–Trinajstić information content (AvgIpc) is 3.47. The minimum absolute atomic E-state index is 0.0562. The molecule has 182 valence electrons. The zero-order valence-electron chi connectivity index (χ0n) is 19.8. The normalized spacial score (nSPS) is 15.3. The molecule has 0 bridgehead atoms. The molecular weight excluding hydrogens is 482 g/mol. The molecule has 1 atom stereocenters. The number of hydrogen-bond acceptors (Lipinski definition) is 5. The van der Waals surface area contributed by atoms with E-state index in [1.54, 1.807) is 30.3 Å². The molecule has 1 aromatic heterocycles. The number of nitrogens with zero attached hydrogens (tertiary/aromatic N) is 4. The van der Waals surface area contributed by atoms with Crippen molar-refractivity contribution >= 4 is 40.9 Å². The molecule has 3 aromatic rings. The van der Waals surface area contributed by atoms with Gasteiger partial charge in [-0.1, -0.05) is 35.5 Å². The maximum atomic E-state index is 13.2. The smallest absolute Gasteiger partial charge is 0.254 e. The Balaban J connectivity index is 1.48. The van der Waals surface area contributed by atoms with Gasteiger partial charge in [0.15, 0.2) is 11.0 Å². The SMILES string of the molecule is C=CCn1c(SCC(=O)Nc2ccc(C)c(C)c2)nnc1C1CCCN1C(=O)c1ccc(Cl)cc1. The molecule has 0 saturated carbocycles. The van der Waals surface area contributed by atoms with Crippen LogP contribution in [0.4, 0.5) is 5.69 Å². The van der Waals surface area contributed by atoms with E-state index in [1.807, 2.05) is 41.5 Å². The first kappa shape index (κ1) is 25.0. The van der Waals surface area contributed by atoms with Gasteiger partial charge in [-0.05, 0) is 74.2 Å². The van der Waals surface area contributed by atoms with Gasteiger partial charge < -0.3 is 14.8 Å². The second kappa shape index (κ2) is 11.1. The van der Waals surface area contributed by atoms with Crippen LogP contribution in [0.2, 0.25) is 5.02 Å². The van der Waals surface area contributed by atoms with Gasteiger partial charge in [-0.2, -0.15) is 0 Å². The fourth-order valence-electron chi connectivity index (χ4n) is 4.14. The highest BCUT2D eigenvalue weighted by Gasteiger charge is 2.34. The molecule has 35 heavy (non-hydrogen) atoms. The predicted octanol–water partition coefficient (Wildman–Crippen LogP) is 5.44. The lowest BCUT2D eigenvalue weighted by Crippen LogP contribution is -2.32. The monoisotopic (exact) mass is 509 g/mol. The third-order valence-electron chi connectivity index (χ3n) is 6.08. The van der Waals surface area contributed by atoms with Gasteiger partial charge in [0, 0.05) is 29.4 Å². The number of allylic oxidation sites excluding steroid dienone is 1. The van der Waals surface area contributed by atoms with Crippen LogP contribution in [0.15, 0.2) is 60.3 Å². The Morgan fingerprint density at radius 1 is 1.17 bits per heavy atom. The number of aryl methyl sites for hydroxylation is 2. The molecule has 1 N–H and O–H groups in total. The van der Waals surface area contributed by atoms with E-state index in [4.69, 9.17) is 11.6 Å². The standard InChI is InChI=1S/C26H28ClN5O2S/c1-4-13-32-24(22-6-5-14-31(22)25(34)19-8-10-20(27)11-9-19)29-30-26(32)35-16-23(33)28-21-12-7-17(2)18(3)15-21/h4,7-12,15,22H,1,5-6,13-14,16H2,2-3H3,(H,28,33). The molecular formula is C26H28ClN5O2S. The second-order valence-corrected chi connectivity index (χ2v) is 9.92. The van der Waals surface area contributed by atoms with E-state index in [-0.39, 0.29) is 23.6 Å². The van der Waals surface area contributed by atoms with Crippen LogP contribution in [0.1, 0.15) is 46.2 Å². The fraction of sp³-hybridized carbons (Fsp3) is 0.308. The lowest BCUT2D eigenvalue weighted by atomic mass is 10.1. The summed E-state index contributed by atoms with van der Waals surface area (Å²) in [6.07, 6.45) is 3.45. The summed E-state index contributed by atoms with van der Waals surface area (Å²) < 4.78 is 1.94. The first-order valence-electron chi connectivity index (χ1n) is 11.5.